The number of aliphatic hydroxyl groups is 1. The topological polar surface area (TPSA) is 419 Å². The van der Waals surface area contributed by atoms with Crippen LogP contribution in [0.5, 0.6) is 23.0 Å². The average Bonchev–Trinajstić information content (AvgIpc) is 1.62. The molecule has 0 radical (unpaired) electrons. The standard InChI is InChI=1S/C18H22N2O4.C18H26N2O2.C18H24N2O2.C17H22N2O3.C17H22N2O2.C14H17NO3.C4H9NO3/c1-9(2)16-11(4)15-17(20(16)5)13(21)8-12(18(15)23)19-10(3)7-14(22)24-6;2*1-7-8-11(4)19-13-9-14(21)17-15(18(13)22)12(5)16(10(2)3)20(17)6;1-9(2)15-11(4)14-16(19(15)5)13(21)8-12(17(14)22)18-10(3)6-7-20;1-7-10(4)18-12-8-13(20)16-14(17(12)21)11(5)15(9(2)3)19(16)6;1-7(2)12-8(3)11-13(15(12)4)9(16)6-10(18-5)14(11)17;1-4(5)3-7-8-6-2/h7-9,19H,1-6H3;8-10,19,21-22H,7H2,1-6H3;8-10,19H,7H2,1-6H3;6,8-9,18,20H,7H2,1-5H3;7-9,20-21H,1H2,2-6H3;6-7H,1-5H3;3H,5H2,1-2H3/p+1/b10-7+;2*11-8+;10-6+;;;4-3+. The van der Waals surface area contributed by atoms with Crippen molar-refractivity contribution in [1.82, 2.24) is 43.4 Å². The number of Topliss-reactive ketones (excluding diaryl/α,β-unsaturated/α-hetero) is 4. The van der Waals surface area contributed by atoms with Crippen molar-refractivity contribution in [2.24, 2.45) is 48.0 Å². The van der Waals surface area contributed by atoms with Crippen molar-refractivity contribution in [2.75, 3.05) is 33.3 Å². The molecule has 31 heteroatoms. The first-order valence-corrected chi connectivity index (χ1v) is 45.6. The molecule has 4 aliphatic carbocycles. The quantitative estimate of drug-likeness (QED) is 0.00308. The van der Waals surface area contributed by atoms with Gasteiger partial charge in [-0.2, -0.15) is 4.89 Å². The fourth-order valence-electron chi connectivity index (χ4n) is 18.9. The van der Waals surface area contributed by atoms with E-state index in [2.05, 4.69) is 101 Å². The molecule has 740 valence electrons. The molecule has 0 spiro atoms. The third-order valence-electron chi connectivity index (χ3n) is 23.8. The second kappa shape index (κ2) is 47.6. The number of allylic oxidation sites excluding steroid dienone is 16. The molecule has 6 aromatic heterocycles. The van der Waals surface area contributed by atoms with Crippen molar-refractivity contribution in [1.29, 1.82) is 0 Å². The Morgan fingerprint density at radius 1 is 0.453 bits per heavy atom. The largest absolute Gasteiger partial charge is 0.506 e. The van der Waals surface area contributed by atoms with Crippen LogP contribution in [-0.4, -0.2) is 139 Å². The van der Waals surface area contributed by atoms with E-state index in [1.165, 1.54) is 58.0 Å². The molecular weight excluding hydrogens is 1750 g/mol. The van der Waals surface area contributed by atoms with Crippen LogP contribution in [-0.2, 0) is 71.4 Å². The Hall–Kier alpha value is -13.8. The maximum atomic E-state index is 12.8. The number of aromatic nitrogens is 6. The molecule has 8 aromatic rings. The Morgan fingerprint density at radius 2 is 0.774 bits per heavy atom. The van der Waals surface area contributed by atoms with Gasteiger partial charge in [0.25, 0.3) is 0 Å². The summed E-state index contributed by atoms with van der Waals surface area (Å²) < 4.78 is 20.8. The van der Waals surface area contributed by atoms with Gasteiger partial charge in [0, 0.05) is 148 Å². The average molecular weight is 1890 g/mol. The van der Waals surface area contributed by atoms with Crippen molar-refractivity contribution in [3.63, 3.8) is 0 Å². The minimum Gasteiger partial charge on any atom is -0.506 e. The number of methoxy groups -OCH3 is 2. The molecule has 12 rings (SSSR count). The van der Waals surface area contributed by atoms with Gasteiger partial charge in [-0.1, -0.05) is 116 Å². The van der Waals surface area contributed by atoms with Gasteiger partial charge >= 0.3 is 5.97 Å². The second-order valence-corrected chi connectivity index (χ2v) is 36.1. The highest BCUT2D eigenvalue weighted by molar-refractivity contribution is 6.27. The van der Waals surface area contributed by atoms with E-state index >= 15 is 0 Å². The Bertz CT molecular complexity index is 6290. The SMILES string of the molecule is C/C(=C\CO)NC1=CC(=O)c2c(c(C)c(C(C)C)n2C)C1=O.C=CC(C)=[NH+]c1cc(O)c2c(c(C)c(C(C)C)n2C)c1O.CC/C=C(\C)NC1=CC(=O)c2c(c(C)c(C(C)C)n2C)C1=O.CC/C=C(\C)Nc1cc(O)c2c(c(C)c(C(C)C)n2C)c1O.COC(=O)/C=C(\C)NC1=CC(=O)c2c(c(C)c(C(C)C)n2C)C1=O.COC1=CC(=O)c2c(c(C)c(C(C)C)n2C)C1=O.COOO/C=C(\C)N. The van der Waals surface area contributed by atoms with E-state index in [1.807, 2.05) is 181 Å². The minimum atomic E-state index is -0.533. The summed E-state index contributed by atoms with van der Waals surface area (Å²) in [6.45, 7) is 54.7. The molecule has 12 N–H and O–H groups in total. The number of nitrogens with two attached hydrogens (primary N) is 1. The zero-order valence-electron chi connectivity index (χ0n) is 86.4. The Labute approximate surface area is 804 Å². The number of aromatic hydroxyl groups is 4. The van der Waals surface area contributed by atoms with E-state index in [0.29, 0.717) is 107 Å². The number of ketones is 8. The van der Waals surface area contributed by atoms with Crippen LogP contribution < -0.4 is 32.0 Å². The zero-order valence-corrected chi connectivity index (χ0v) is 86.4. The molecule has 0 saturated carbocycles. The summed E-state index contributed by atoms with van der Waals surface area (Å²) in [5.74, 6) is 0.410. The first-order chi connectivity index (χ1) is 64.0. The fraction of sp³-hybridized carbons (Fsp3) is 0.415. The van der Waals surface area contributed by atoms with Gasteiger partial charge in [0.15, 0.2) is 23.5 Å². The summed E-state index contributed by atoms with van der Waals surface area (Å²) >= 11 is 0. The number of anilines is 1. The molecule has 0 atom stereocenters. The molecule has 4 aliphatic rings. The monoisotopic (exact) mass is 1890 g/mol. The van der Waals surface area contributed by atoms with E-state index in [1.54, 1.807) is 56.7 Å². The van der Waals surface area contributed by atoms with E-state index in [9.17, 15) is 63.6 Å². The van der Waals surface area contributed by atoms with E-state index < -0.39 is 5.97 Å². The van der Waals surface area contributed by atoms with Gasteiger partial charge in [-0.25, -0.2) is 9.79 Å². The zero-order chi connectivity index (χ0) is 104. The van der Waals surface area contributed by atoms with Crippen LogP contribution in [0.4, 0.5) is 11.4 Å². The van der Waals surface area contributed by atoms with Gasteiger partial charge in [0.2, 0.25) is 52.0 Å². The number of benzene rings is 2. The normalized spacial score (nSPS) is 14.0. The van der Waals surface area contributed by atoms with Crippen LogP contribution in [0.15, 0.2) is 131 Å². The Morgan fingerprint density at radius 3 is 1.09 bits per heavy atom. The lowest BCUT2D eigenvalue weighted by Gasteiger charge is -2.16. The highest BCUT2D eigenvalue weighted by Gasteiger charge is 2.39. The molecule has 137 heavy (non-hydrogen) atoms. The third kappa shape index (κ3) is 24.2. The van der Waals surface area contributed by atoms with Crippen LogP contribution in [0, 0.1) is 41.5 Å². The lowest BCUT2D eigenvalue weighted by Crippen LogP contribution is -2.65. The lowest BCUT2D eigenvalue weighted by molar-refractivity contribution is -0.478. The number of aryl methyl sites for hydroxylation is 4. The lowest BCUT2D eigenvalue weighted by atomic mass is 9.94. The molecule has 2 aromatic carbocycles. The van der Waals surface area contributed by atoms with Crippen molar-refractivity contribution in [3.8, 4) is 23.0 Å². The predicted octanol–water partition coefficient (Wildman–Crippen LogP) is 18.0. The first-order valence-electron chi connectivity index (χ1n) is 45.6. The van der Waals surface area contributed by atoms with Crippen molar-refractivity contribution in [3.05, 3.63) is 244 Å². The number of carbonyl (C=O) groups excluding carboxylic acids is 9. The van der Waals surface area contributed by atoms with Crippen molar-refractivity contribution >= 4 is 91.1 Å². The number of hydrogen-bond donors (Lipinski definition) is 11. The highest BCUT2D eigenvalue weighted by Crippen LogP contribution is 2.47. The minimum absolute atomic E-state index is 0.0987. The van der Waals surface area contributed by atoms with Gasteiger partial charge in [-0.15, -0.1) is 0 Å². The number of carbonyl (C=O) groups is 9. The molecular formula is C106H143N12O19+. The van der Waals surface area contributed by atoms with Crippen LogP contribution in [0.2, 0.25) is 0 Å². The summed E-state index contributed by atoms with van der Waals surface area (Å²) in [5.41, 5.74) is 28.1. The first kappa shape index (κ1) is 112. The number of phenolic OH excluding ortho intramolecular Hbond substituents is 4. The summed E-state index contributed by atoms with van der Waals surface area (Å²) in [4.78, 5) is 123. The molecule has 31 nitrogen and oxygen atoms in total. The van der Waals surface area contributed by atoms with Gasteiger partial charge in [-0.05, 0) is 175 Å². The predicted molar refractivity (Wildman–Crippen MR) is 537 cm³/mol. The number of nitrogens with zero attached hydrogens (tertiary/aromatic N) is 6. The van der Waals surface area contributed by atoms with Gasteiger partial charge in [0.05, 0.1) is 101 Å². The third-order valence-corrected chi connectivity index (χ3v) is 23.8. The molecule has 0 bridgehead atoms. The molecule has 0 fully saturated rings. The summed E-state index contributed by atoms with van der Waals surface area (Å²) in [6.07, 6.45) is 16.8. The van der Waals surface area contributed by atoms with Gasteiger partial charge in [-0.3, -0.25) is 38.4 Å². The maximum absolute atomic E-state index is 12.8. The van der Waals surface area contributed by atoms with Crippen molar-refractivity contribution in [2.45, 2.75) is 228 Å². The number of nitrogens with one attached hydrogen (secondary N) is 5. The Balaban J connectivity index is 0.000000248. The smallest absolute Gasteiger partial charge is 0.332 e. The number of fused-ring (bicyclic) bond motifs is 6. The fourth-order valence-corrected chi connectivity index (χ4v) is 18.9. The highest BCUT2D eigenvalue weighted by atomic mass is 17.5. The van der Waals surface area contributed by atoms with E-state index in [0.717, 1.165) is 103 Å². The number of esters is 1. The molecule has 0 saturated heterocycles. The van der Waals surface area contributed by atoms with Crippen LogP contribution in [0.25, 0.3) is 21.8 Å². The van der Waals surface area contributed by atoms with Crippen LogP contribution >= 0.6 is 0 Å². The molecule has 0 amide bonds. The summed E-state index contributed by atoms with van der Waals surface area (Å²) in [7, 11) is 15.2. The van der Waals surface area contributed by atoms with Crippen LogP contribution in [0.1, 0.15) is 338 Å². The number of phenols is 4. The molecule has 0 aliphatic heterocycles. The summed E-state index contributed by atoms with van der Waals surface area (Å²) in [5, 5.41) is 68.3. The number of aliphatic hydroxyl groups excluding tert-OH is 1. The molecule has 0 unspecified atom stereocenters. The van der Waals surface area contributed by atoms with Crippen molar-refractivity contribution < 1.29 is 98.0 Å². The van der Waals surface area contributed by atoms with E-state index in [-0.39, 0.29) is 117 Å². The molecule has 6 heterocycles. The number of hydrogen-bond acceptors (Lipinski definition) is 24. The Kier molecular flexibility index (Phi) is 38.9. The van der Waals surface area contributed by atoms with Crippen LogP contribution in [0.3, 0.4) is 0 Å². The van der Waals surface area contributed by atoms with Gasteiger partial charge < -0.3 is 94.3 Å². The van der Waals surface area contributed by atoms with Gasteiger partial charge in [0.1, 0.15) is 40.0 Å². The summed E-state index contributed by atoms with van der Waals surface area (Å²) in [6, 6.07) is 3.14. The maximum Gasteiger partial charge on any atom is 0.332 e. The second-order valence-electron chi connectivity index (χ2n) is 36.1. The number of rotatable bonds is 24. The van der Waals surface area contributed by atoms with E-state index in [4.69, 9.17) is 15.6 Å². The number of ether oxygens (including phenoxy) is 2.